The van der Waals surface area contributed by atoms with Gasteiger partial charge in [0.15, 0.2) is 0 Å². The molecule has 0 spiro atoms. The molecule has 2 aromatic heterocycles. The van der Waals surface area contributed by atoms with Crippen LogP contribution in [0.3, 0.4) is 0 Å². The molecule has 0 atom stereocenters. The first kappa shape index (κ1) is 24.9. The van der Waals surface area contributed by atoms with Crippen LogP contribution in [0.4, 0.5) is 0 Å². The Morgan fingerprint density at radius 2 is 1.75 bits per heavy atom. The number of benzene rings is 2. The molecule has 8 nitrogen and oxygen atoms in total. The van der Waals surface area contributed by atoms with Crippen molar-refractivity contribution in [2.45, 2.75) is 47.0 Å². The fourth-order valence-electron chi connectivity index (χ4n) is 4.50. The van der Waals surface area contributed by atoms with E-state index >= 15 is 0 Å². The highest BCUT2D eigenvalue weighted by Crippen LogP contribution is 2.39. The Morgan fingerprint density at radius 1 is 1.06 bits per heavy atom. The molecule has 0 fully saturated rings. The minimum absolute atomic E-state index is 0.0211. The number of carboxylic acids is 1. The van der Waals surface area contributed by atoms with Crippen LogP contribution in [-0.4, -0.2) is 44.0 Å². The van der Waals surface area contributed by atoms with Crippen LogP contribution < -0.4 is 4.74 Å². The smallest absolute Gasteiger partial charge is 0.335 e. The predicted octanol–water partition coefficient (Wildman–Crippen LogP) is 6.42. The number of H-pyrrole nitrogens is 1. The number of methoxy groups -OCH3 is 1. The van der Waals surface area contributed by atoms with Gasteiger partial charge in [0.1, 0.15) is 17.2 Å². The Kier molecular flexibility index (Phi) is 6.08. The van der Waals surface area contributed by atoms with Crippen LogP contribution in [-0.2, 0) is 5.41 Å². The summed E-state index contributed by atoms with van der Waals surface area (Å²) in [5, 5.41) is 29.7. The lowest BCUT2D eigenvalue weighted by molar-refractivity contribution is 0.0696. The number of allylic oxidation sites excluding steroid dienone is 2. The minimum Gasteiger partial charge on any atom is -0.512 e. The second-order valence-electron chi connectivity index (χ2n) is 10.0. The van der Waals surface area contributed by atoms with E-state index in [2.05, 4.69) is 9.97 Å². The molecule has 0 aliphatic heterocycles. The molecule has 0 amide bonds. The Balaban J connectivity index is 2.11. The number of aliphatic hydroxyl groups is 1. The summed E-state index contributed by atoms with van der Waals surface area (Å²) in [4.78, 5) is 24.6. The molecule has 0 aliphatic rings. The second kappa shape index (κ2) is 8.78. The molecular weight excluding hydrogens is 456 g/mol. The van der Waals surface area contributed by atoms with Crippen molar-refractivity contribution in [1.82, 2.24) is 15.0 Å². The summed E-state index contributed by atoms with van der Waals surface area (Å²) < 4.78 is 5.66. The van der Waals surface area contributed by atoms with Gasteiger partial charge >= 0.3 is 5.97 Å². The number of aromatic amines is 1. The Morgan fingerprint density at radius 3 is 2.31 bits per heavy atom. The quantitative estimate of drug-likeness (QED) is 0.190. The van der Waals surface area contributed by atoms with E-state index in [0.717, 1.165) is 21.9 Å². The zero-order valence-electron chi connectivity index (χ0n) is 21.5. The number of hydrogen-bond donors (Lipinski definition) is 4. The van der Waals surface area contributed by atoms with Crippen molar-refractivity contribution in [2.75, 3.05) is 7.11 Å². The SMILES string of the molecule is COc1cc2c(cc1/C(C(C)=N)=C(\C)O)[nH]c1nc(C)nc(-c3cc(C(=O)O)cc(C(C)(C)C)c3)c12. The lowest BCUT2D eigenvalue weighted by atomic mass is 9.84. The number of nitrogens with one attached hydrogen (secondary N) is 2. The number of aromatic carboxylic acids is 1. The standard InChI is InChI=1S/C28H30N4O4/c1-13(29)23(14(2)33)20-11-21-19(12-22(20)36-7)24-25(30-15(3)31-26(24)32-21)16-8-17(27(34)35)10-18(9-16)28(4,5)6/h8-12,29,33H,1-7H3,(H,34,35)(H,30,31,32)/b23-14+,29-13?. The molecule has 36 heavy (non-hydrogen) atoms. The molecule has 0 saturated carbocycles. The molecule has 0 aliphatic carbocycles. The third-order valence-corrected chi connectivity index (χ3v) is 6.21. The lowest BCUT2D eigenvalue weighted by Gasteiger charge is -2.21. The number of ether oxygens (including phenoxy) is 1. The van der Waals surface area contributed by atoms with Crippen LogP contribution in [0.15, 0.2) is 36.1 Å². The van der Waals surface area contributed by atoms with Crippen LogP contribution in [0.1, 0.15) is 61.9 Å². The van der Waals surface area contributed by atoms with E-state index < -0.39 is 5.97 Å². The number of nitrogens with zero attached hydrogens (tertiary/aromatic N) is 2. The normalized spacial score (nSPS) is 12.6. The first-order valence-corrected chi connectivity index (χ1v) is 11.5. The van der Waals surface area contributed by atoms with Gasteiger partial charge in [-0.2, -0.15) is 0 Å². The molecular formula is C28H30N4O4. The molecule has 4 N–H and O–H groups in total. The average Bonchev–Trinajstić information content (AvgIpc) is 3.13. The molecule has 0 saturated heterocycles. The van der Waals surface area contributed by atoms with E-state index in [0.29, 0.717) is 39.6 Å². The molecule has 2 heterocycles. The number of rotatable bonds is 5. The van der Waals surface area contributed by atoms with Gasteiger partial charge in [0.25, 0.3) is 0 Å². The van der Waals surface area contributed by atoms with Crippen molar-refractivity contribution in [1.29, 1.82) is 5.41 Å². The summed E-state index contributed by atoms with van der Waals surface area (Å²) >= 11 is 0. The van der Waals surface area contributed by atoms with Crippen LogP contribution in [0.2, 0.25) is 0 Å². The zero-order chi connectivity index (χ0) is 26.5. The number of fused-ring (bicyclic) bond motifs is 3. The predicted molar refractivity (Wildman–Crippen MR) is 142 cm³/mol. The van der Waals surface area contributed by atoms with Gasteiger partial charge in [0, 0.05) is 33.3 Å². The van der Waals surface area contributed by atoms with Gasteiger partial charge in [0.2, 0.25) is 0 Å². The van der Waals surface area contributed by atoms with E-state index in [-0.39, 0.29) is 22.4 Å². The number of aromatic nitrogens is 3. The largest absolute Gasteiger partial charge is 0.512 e. The maximum Gasteiger partial charge on any atom is 0.335 e. The van der Waals surface area contributed by atoms with Crippen LogP contribution >= 0.6 is 0 Å². The number of aryl methyl sites for hydroxylation is 1. The minimum atomic E-state index is -1.00. The molecule has 0 radical (unpaired) electrons. The monoisotopic (exact) mass is 486 g/mol. The Labute approximate surface area is 209 Å². The summed E-state index contributed by atoms with van der Waals surface area (Å²) in [5.74, 6) is 0.0408. The van der Waals surface area contributed by atoms with E-state index in [1.54, 1.807) is 26.0 Å². The Hall–Kier alpha value is -4.20. The fraction of sp³-hybridized carbons (Fsp3) is 0.286. The average molecular weight is 487 g/mol. The van der Waals surface area contributed by atoms with Crippen molar-refractivity contribution < 1.29 is 19.7 Å². The fourth-order valence-corrected chi connectivity index (χ4v) is 4.50. The maximum atomic E-state index is 12.0. The summed E-state index contributed by atoms with van der Waals surface area (Å²) in [6, 6.07) is 8.98. The molecule has 2 aromatic carbocycles. The first-order valence-electron chi connectivity index (χ1n) is 11.5. The molecule has 0 unspecified atom stereocenters. The van der Waals surface area contributed by atoms with Gasteiger partial charge in [-0.15, -0.1) is 0 Å². The zero-order valence-corrected chi connectivity index (χ0v) is 21.5. The van der Waals surface area contributed by atoms with Gasteiger partial charge in [-0.25, -0.2) is 14.8 Å². The van der Waals surface area contributed by atoms with Gasteiger partial charge in [-0.1, -0.05) is 20.8 Å². The van der Waals surface area contributed by atoms with E-state index in [9.17, 15) is 15.0 Å². The molecule has 4 rings (SSSR count). The number of carboxylic acid groups (broad SMARTS) is 1. The summed E-state index contributed by atoms with van der Waals surface area (Å²) in [5.41, 5.74) is 4.61. The van der Waals surface area contributed by atoms with E-state index in [4.69, 9.17) is 15.1 Å². The van der Waals surface area contributed by atoms with E-state index in [1.165, 1.54) is 14.0 Å². The third kappa shape index (κ3) is 4.30. The maximum absolute atomic E-state index is 12.0. The van der Waals surface area contributed by atoms with Crippen molar-refractivity contribution >= 4 is 39.2 Å². The summed E-state index contributed by atoms with van der Waals surface area (Å²) in [7, 11) is 1.54. The first-order chi connectivity index (χ1) is 16.8. The molecule has 0 bridgehead atoms. The van der Waals surface area contributed by atoms with Crippen LogP contribution in [0, 0.1) is 12.3 Å². The third-order valence-electron chi connectivity index (χ3n) is 6.21. The molecule has 8 heteroatoms. The lowest BCUT2D eigenvalue weighted by Crippen LogP contribution is -2.13. The number of carbonyl (C=O) groups is 1. The number of hydrogen-bond acceptors (Lipinski definition) is 6. The summed E-state index contributed by atoms with van der Waals surface area (Å²) in [6.45, 7) is 11.1. The highest BCUT2D eigenvalue weighted by atomic mass is 16.5. The summed E-state index contributed by atoms with van der Waals surface area (Å²) in [6.07, 6.45) is 0. The molecule has 186 valence electrons. The van der Waals surface area contributed by atoms with Gasteiger partial charge < -0.3 is 25.3 Å². The highest BCUT2D eigenvalue weighted by molar-refractivity contribution is 6.23. The van der Waals surface area contributed by atoms with Gasteiger partial charge in [0.05, 0.1) is 29.5 Å². The van der Waals surface area contributed by atoms with E-state index in [1.807, 2.05) is 39.0 Å². The van der Waals surface area contributed by atoms with Crippen molar-refractivity contribution in [3.05, 3.63) is 58.6 Å². The van der Waals surface area contributed by atoms with Crippen LogP contribution in [0.5, 0.6) is 5.75 Å². The highest BCUT2D eigenvalue weighted by Gasteiger charge is 2.23. The van der Waals surface area contributed by atoms with Gasteiger partial charge in [-0.3, -0.25) is 0 Å². The van der Waals surface area contributed by atoms with Gasteiger partial charge in [-0.05, 0) is 62.1 Å². The molecule has 4 aromatic rings. The van der Waals surface area contributed by atoms with Crippen LogP contribution in [0.25, 0.3) is 38.8 Å². The second-order valence-corrected chi connectivity index (χ2v) is 10.0. The Bertz CT molecular complexity index is 1590. The van der Waals surface area contributed by atoms with Crippen molar-refractivity contribution in [2.24, 2.45) is 0 Å². The van der Waals surface area contributed by atoms with Crippen molar-refractivity contribution in [3.8, 4) is 17.0 Å². The topological polar surface area (TPSA) is 132 Å². The van der Waals surface area contributed by atoms with Crippen molar-refractivity contribution in [3.63, 3.8) is 0 Å². The number of aliphatic hydroxyl groups excluding tert-OH is 1.